The normalized spacial score (nSPS) is 14.9. The van der Waals surface area contributed by atoms with Crippen LogP contribution in [0.1, 0.15) is 18.9 Å². The van der Waals surface area contributed by atoms with Crippen molar-refractivity contribution in [2.45, 2.75) is 30.8 Å². The Morgan fingerprint density at radius 3 is 2.46 bits per heavy atom. The van der Waals surface area contributed by atoms with Crippen LogP contribution >= 0.6 is 11.6 Å². The highest BCUT2D eigenvalue weighted by molar-refractivity contribution is 7.92. The zero-order chi connectivity index (χ0) is 26.4. The van der Waals surface area contributed by atoms with Gasteiger partial charge in [0.25, 0.3) is 15.9 Å². The van der Waals surface area contributed by atoms with Gasteiger partial charge in [-0.2, -0.15) is 0 Å². The first-order valence-electron chi connectivity index (χ1n) is 11.9. The lowest BCUT2D eigenvalue weighted by atomic mass is 10.1. The van der Waals surface area contributed by atoms with Crippen molar-refractivity contribution in [3.05, 3.63) is 77.3 Å². The number of benzene rings is 3. The van der Waals surface area contributed by atoms with E-state index in [-0.39, 0.29) is 36.0 Å². The van der Waals surface area contributed by atoms with Gasteiger partial charge < -0.3 is 19.5 Å². The van der Waals surface area contributed by atoms with E-state index < -0.39 is 22.0 Å². The molecule has 8 nitrogen and oxygen atoms in total. The van der Waals surface area contributed by atoms with Crippen LogP contribution in [0.15, 0.2) is 71.6 Å². The number of hydrogen-bond acceptors (Lipinski definition) is 6. The molecule has 0 bridgehead atoms. The van der Waals surface area contributed by atoms with Crippen molar-refractivity contribution >= 4 is 33.2 Å². The smallest absolute Gasteiger partial charge is 0.264 e. The Morgan fingerprint density at radius 1 is 1.08 bits per heavy atom. The molecule has 0 radical (unpaired) electrons. The Balaban J connectivity index is 1.44. The van der Waals surface area contributed by atoms with E-state index in [0.29, 0.717) is 16.5 Å². The van der Waals surface area contributed by atoms with Gasteiger partial charge in [0.05, 0.1) is 30.8 Å². The van der Waals surface area contributed by atoms with Crippen LogP contribution in [0.4, 0.5) is 5.69 Å². The summed E-state index contributed by atoms with van der Waals surface area (Å²) < 4.78 is 44.9. The zero-order valence-corrected chi connectivity index (χ0v) is 22.2. The van der Waals surface area contributed by atoms with Gasteiger partial charge in [0.15, 0.2) is 6.10 Å². The topological polar surface area (TPSA) is 94.2 Å². The van der Waals surface area contributed by atoms with Gasteiger partial charge in [-0.3, -0.25) is 9.10 Å². The second-order valence-electron chi connectivity index (χ2n) is 8.46. The SMILES string of the molecule is CCCc1ccc(OCCNC(=O)[C@@H]2CN(S(=O)(=O)c3ccc(OC)cc3)c3cc(Cl)ccc3O2)cc1. The molecule has 0 aromatic heterocycles. The monoisotopic (exact) mass is 544 g/mol. The maximum Gasteiger partial charge on any atom is 0.264 e. The molecule has 10 heteroatoms. The van der Waals surface area contributed by atoms with E-state index in [1.165, 1.54) is 30.9 Å². The molecule has 0 aliphatic carbocycles. The van der Waals surface area contributed by atoms with Gasteiger partial charge >= 0.3 is 0 Å². The maximum atomic E-state index is 13.5. The number of nitrogens with one attached hydrogen (secondary N) is 1. The van der Waals surface area contributed by atoms with Crippen LogP contribution in [0.3, 0.4) is 0 Å². The molecule has 0 saturated heterocycles. The van der Waals surface area contributed by atoms with Crippen LogP contribution in [-0.4, -0.2) is 47.2 Å². The van der Waals surface area contributed by atoms with Crippen LogP contribution < -0.4 is 23.8 Å². The van der Waals surface area contributed by atoms with Crippen molar-refractivity contribution in [1.29, 1.82) is 0 Å². The Bertz CT molecular complexity index is 1330. The summed E-state index contributed by atoms with van der Waals surface area (Å²) in [6.07, 6.45) is 1.03. The van der Waals surface area contributed by atoms with E-state index in [1.54, 1.807) is 24.3 Å². The number of anilines is 1. The van der Waals surface area contributed by atoms with E-state index in [1.807, 2.05) is 24.3 Å². The van der Waals surface area contributed by atoms with Gasteiger partial charge in [0.2, 0.25) is 0 Å². The number of amides is 1. The minimum absolute atomic E-state index is 0.0543. The number of halogens is 1. The molecular formula is C27H29ClN2O6S. The molecule has 37 heavy (non-hydrogen) atoms. The molecule has 1 heterocycles. The summed E-state index contributed by atoms with van der Waals surface area (Å²) in [5.74, 6) is 1.04. The van der Waals surface area contributed by atoms with E-state index >= 15 is 0 Å². The molecule has 0 fully saturated rings. The van der Waals surface area contributed by atoms with Gasteiger partial charge in [-0.15, -0.1) is 0 Å². The Labute approximate surface area is 222 Å². The molecule has 1 atom stereocenters. The minimum atomic E-state index is -4.02. The molecule has 1 aliphatic heterocycles. The number of fused-ring (bicyclic) bond motifs is 1. The summed E-state index contributed by atoms with van der Waals surface area (Å²) in [6.45, 7) is 2.40. The molecule has 3 aromatic carbocycles. The summed E-state index contributed by atoms with van der Waals surface area (Å²) >= 11 is 6.15. The number of sulfonamides is 1. The Morgan fingerprint density at radius 2 is 1.78 bits per heavy atom. The number of nitrogens with zero attached hydrogens (tertiary/aromatic N) is 1. The first-order chi connectivity index (χ1) is 17.8. The standard InChI is InChI=1S/C27H29ClN2O6S/c1-3-4-19-5-8-22(9-6-19)35-16-15-29-27(31)26-18-30(24-17-20(28)7-14-25(24)36-26)37(32,33)23-12-10-21(34-2)11-13-23/h5-14,17,26H,3-4,15-16,18H2,1-2H3,(H,29,31)/t26-/m0/s1. The van der Waals surface area contributed by atoms with Crippen LogP contribution in [0.25, 0.3) is 0 Å². The van der Waals surface area contributed by atoms with Crippen LogP contribution in [0.5, 0.6) is 17.2 Å². The van der Waals surface area contributed by atoms with Gasteiger partial charge in [-0.1, -0.05) is 37.1 Å². The molecule has 1 amide bonds. The second-order valence-corrected chi connectivity index (χ2v) is 10.8. The van der Waals surface area contributed by atoms with E-state index in [4.69, 9.17) is 25.8 Å². The third kappa shape index (κ3) is 6.29. The van der Waals surface area contributed by atoms with Gasteiger partial charge in [-0.25, -0.2) is 8.42 Å². The summed E-state index contributed by atoms with van der Waals surface area (Å²) in [5, 5.41) is 3.12. The predicted molar refractivity (Wildman–Crippen MR) is 142 cm³/mol. The van der Waals surface area contributed by atoms with Gasteiger partial charge in [0.1, 0.15) is 23.9 Å². The minimum Gasteiger partial charge on any atom is -0.497 e. The van der Waals surface area contributed by atoms with Crippen molar-refractivity contribution in [1.82, 2.24) is 5.32 Å². The number of hydrogen-bond donors (Lipinski definition) is 1. The third-order valence-electron chi connectivity index (χ3n) is 5.86. The van der Waals surface area contributed by atoms with Gasteiger partial charge in [0, 0.05) is 5.02 Å². The Kier molecular flexibility index (Phi) is 8.45. The molecule has 1 aliphatic rings. The molecule has 0 saturated carbocycles. The first kappa shape index (κ1) is 26.6. The highest BCUT2D eigenvalue weighted by atomic mass is 35.5. The van der Waals surface area contributed by atoms with Crippen LogP contribution in [0, 0.1) is 0 Å². The zero-order valence-electron chi connectivity index (χ0n) is 20.6. The molecule has 0 unspecified atom stereocenters. The van der Waals surface area contributed by atoms with E-state index in [2.05, 4.69) is 12.2 Å². The number of aryl methyl sites for hydroxylation is 1. The quantitative estimate of drug-likeness (QED) is 0.379. The predicted octanol–water partition coefficient (Wildman–Crippen LogP) is 4.45. The molecule has 1 N–H and O–H groups in total. The number of carbonyl (C=O) groups is 1. The highest BCUT2D eigenvalue weighted by Crippen LogP contribution is 2.39. The molecular weight excluding hydrogens is 516 g/mol. The molecule has 0 spiro atoms. The van der Waals surface area contributed by atoms with Crippen molar-refractivity contribution in [3.63, 3.8) is 0 Å². The fraction of sp³-hybridized carbons (Fsp3) is 0.296. The summed E-state index contributed by atoms with van der Waals surface area (Å²) in [6, 6.07) is 18.5. The van der Waals surface area contributed by atoms with Crippen molar-refractivity contribution < 1.29 is 27.4 Å². The average molecular weight is 545 g/mol. The second kappa shape index (κ2) is 11.7. The van der Waals surface area contributed by atoms with E-state index in [9.17, 15) is 13.2 Å². The van der Waals surface area contributed by atoms with Crippen molar-refractivity contribution in [2.24, 2.45) is 0 Å². The first-order valence-corrected chi connectivity index (χ1v) is 13.8. The fourth-order valence-corrected chi connectivity index (χ4v) is 5.60. The van der Waals surface area contributed by atoms with Crippen LogP contribution in [0.2, 0.25) is 5.02 Å². The number of ether oxygens (including phenoxy) is 3. The summed E-state index contributed by atoms with van der Waals surface area (Å²) in [7, 11) is -2.52. The highest BCUT2D eigenvalue weighted by Gasteiger charge is 2.37. The van der Waals surface area contributed by atoms with Crippen molar-refractivity contribution in [2.75, 3.05) is 31.1 Å². The maximum absolute atomic E-state index is 13.5. The molecule has 4 rings (SSSR count). The summed E-state index contributed by atoms with van der Waals surface area (Å²) in [5.41, 5.74) is 1.51. The largest absolute Gasteiger partial charge is 0.497 e. The van der Waals surface area contributed by atoms with Crippen LogP contribution in [-0.2, 0) is 21.2 Å². The lowest BCUT2D eigenvalue weighted by Gasteiger charge is -2.34. The number of methoxy groups -OCH3 is 1. The third-order valence-corrected chi connectivity index (χ3v) is 7.89. The number of rotatable bonds is 10. The fourth-order valence-electron chi connectivity index (χ4n) is 3.96. The average Bonchev–Trinajstić information content (AvgIpc) is 2.91. The molecule has 3 aromatic rings. The van der Waals surface area contributed by atoms with E-state index in [0.717, 1.165) is 17.1 Å². The van der Waals surface area contributed by atoms with Gasteiger partial charge in [-0.05, 0) is 66.6 Å². The Hall–Kier alpha value is -3.43. The lowest BCUT2D eigenvalue weighted by Crippen LogP contribution is -2.51. The summed E-state index contributed by atoms with van der Waals surface area (Å²) in [4.78, 5) is 13.0. The van der Waals surface area contributed by atoms with Crippen molar-refractivity contribution in [3.8, 4) is 17.2 Å². The number of carbonyl (C=O) groups excluding carboxylic acids is 1. The lowest BCUT2D eigenvalue weighted by molar-refractivity contribution is -0.127. The molecule has 196 valence electrons.